The molecule has 0 saturated carbocycles. The maximum atomic E-state index is 12.8. The third kappa shape index (κ3) is 9.06. The lowest BCUT2D eigenvalue weighted by Gasteiger charge is -1.96. The number of fused-ring (bicyclic) bond motifs is 2. The first kappa shape index (κ1) is 32.1. The lowest BCUT2D eigenvalue weighted by molar-refractivity contribution is 0.573. The van der Waals surface area contributed by atoms with Crippen molar-refractivity contribution < 1.29 is 22.0 Å². The summed E-state index contributed by atoms with van der Waals surface area (Å²) in [6, 6.07) is 20.3. The molecular formula is C35H35F5N2. The molecule has 6 aromatic rings. The molecule has 0 fully saturated rings. The minimum absolute atomic E-state index is 0.170. The molecule has 0 aliphatic heterocycles. The number of aryl methyl sites for hydroxylation is 4. The van der Waals surface area contributed by atoms with E-state index in [1.807, 2.05) is 32.3 Å². The van der Waals surface area contributed by atoms with Crippen molar-refractivity contribution in [1.82, 2.24) is 9.97 Å². The number of hydrogen-bond acceptors (Lipinski definition) is 0. The van der Waals surface area contributed by atoms with Crippen molar-refractivity contribution in [3.63, 3.8) is 0 Å². The number of H-pyrrole nitrogens is 2. The standard InChI is InChI=1S/C10H10FN.C9H9N.2C8H8F2/c1-2-7-6-12-10-4-3-8(11)5-9(7)10;1-7-6-10-9-5-3-2-4-8(7)9;1-2-6-3-7(9)5-8(10)4-6;1-2-6-3-4-7(9)5-8(6)10/h3-6,12H,2H2,1H3;2-6,10H,1H3;2*3-5H,2H2,1H3. The Bertz CT molecular complexity index is 1700. The SMILES string of the molecule is CCc1c[nH]c2ccc(F)cc12.CCc1cc(F)cc(F)c1.CCc1ccc(F)cc1F.Cc1c[nH]c2ccccc12. The minimum atomic E-state index is -0.519. The number of halogens is 5. The lowest BCUT2D eigenvalue weighted by atomic mass is 10.1. The minimum Gasteiger partial charge on any atom is -0.361 e. The van der Waals surface area contributed by atoms with E-state index in [2.05, 4.69) is 42.0 Å². The van der Waals surface area contributed by atoms with Crippen molar-refractivity contribution in [3.05, 3.63) is 143 Å². The second kappa shape index (κ2) is 15.6. The molecule has 0 spiro atoms. The fourth-order valence-electron chi connectivity index (χ4n) is 4.28. The van der Waals surface area contributed by atoms with Gasteiger partial charge in [-0.05, 0) is 90.9 Å². The molecule has 0 bridgehead atoms. The summed E-state index contributed by atoms with van der Waals surface area (Å²) >= 11 is 0. The van der Waals surface area contributed by atoms with Crippen LogP contribution in [0.2, 0.25) is 0 Å². The summed E-state index contributed by atoms with van der Waals surface area (Å²) in [6.45, 7) is 7.86. The topological polar surface area (TPSA) is 31.6 Å². The molecule has 42 heavy (non-hydrogen) atoms. The number of nitrogens with one attached hydrogen (secondary N) is 2. The van der Waals surface area contributed by atoms with E-state index in [4.69, 9.17) is 0 Å². The van der Waals surface area contributed by atoms with Crippen LogP contribution in [0.4, 0.5) is 22.0 Å². The van der Waals surface area contributed by atoms with Gasteiger partial charge in [-0.3, -0.25) is 0 Å². The highest BCUT2D eigenvalue weighted by Gasteiger charge is 2.02. The summed E-state index contributed by atoms with van der Waals surface area (Å²) in [5.41, 5.74) is 5.97. The van der Waals surface area contributed by atoms with Crippen molar-refractivity contribution in [2.24, 2.45) is 0 Å². The van der Waals surface area contributed by atoms with Gasteiger partial charge in [0, 0.05) is 46.3 Å². The zero-order chi connectivity index (χ0) is 30.6. The molecule has 0 aliphatic rings. The number of rotatable bonds is 3. The van der Waals surface area contributed by atoms with Crippen molar-refractivity contribution in [3.8, 4) is 0 Å². The van der Waals surface area contributed by atoms with E-state index in [1.165, 1.54) is 52.4 Å². The molecule has 2 heterocycles. The summed E-state index contributed by atoms with van der Waals surface area (Å²) < 4.78 is 62.4. The molecule has 7 heteroatoms. The van der Waals surface area contributed by atoms with Crippen LogP contribution >= 0.6 is 0 Å². The predicted octanol–water partition coefficient (Wildman–Crippen LogP) is 10.4. The van der Waals surface area contributed by atoms with Crippen LogP contribution in [-0.4, -0.2) is 9.97 Å². The number of aromatic nitrogens is 2. The first-order valence-electron chi connectivity index (χ1n) is 13.8. The molecule has 2 nitrogen and oxygen atoms in total. The number of benzene rings is 4. The highest BCUT2D eigenvalue weighted by atomic mass is 19.1. The largest absolute Gasteiger partial charge is 0.361 e. The summed E-state index contributed by atoms with van der Waals surface area (Å²) in [6.07, 6.45) is 6.17. The van der Waals surface area contributed by atoms with Gasteiger partial charge in [0.1, 0.15) is 29.1 Å². The van der Waals surface area contributed by atoms with E-state index in [0.29, 0.717) is 24.0 Å². The van der Waals surface area contributed by atoms with Gasteiger partial charge < -0.3 is 9.97 Å². The van der Waals surface area contributed by atoms with E-state index in [1.54, 1.807) is 12.1 Å². The molecule has 220 valence electrons. The fourth-order valence-corrected chi connectivity index (χ4v) is 4.28. The van der Waals surface area contributed by atoms with E-state index >= 15 is 0 Å². The Labute approximate surface area is 243 Å². The Hall–Kier alpha value is -4.39. The van der Waals surface area contributed by atoms with Gasteiger partial charge in [-0.1, -0.05) is 45.0 Å². The van der Waals surface area contributed by atoms with Crippen LogP contribution in [0.25, 0.3) is 21.8 Å². The third-order valence-corrected chi connectivity index (χ3v) is 6.63. The van der Waals surface area contributed by atoms with Crippen LogP contribution < -0.4 is 0 Å². The highest BCUT2D eigenvalue weighted by molar-refractivity contribution is 5.83. The zero-order valence-electron chi connectivity index (χ0n) is 24.2. The average Bonchev–Trinajstić information content (AvgIpc) is 3.56. The predicted molar refractivity (Wildman–Crippen MR) is 162 cm³/mol. The second-order valence-corrected chi connectivity index (χ2v) is 9.60. The molecule has 0 aliphatic carbocycles. The van der Waals surface area contributed by atoms with E-state index in [0.717, 1.165) is 29.5 Å². The Morgan fingerprint density at radius 1 is 0.524 bits per heavy atom. The lowest BCUT2D eigenvalue weighted by Crippen LogP contribution is -1.87. The Morgan fingerprint density at radius 3 is 1.74 bits per heavy atom. The molecular weight excluding hydrogens is 543 g/mol. The normalized spacial score (nSPS) is 10.3. The van der Waals surface area contributed by atoms with Crippen molar-refractivity contribution in [2.45, 2.75) is 47.0 Å². The van der Waals surface area contributed by atoms with Gasteiger partial charge in [-0.25, -0.2) is 22.0 Å². The first-order chi connectivity index (χ1) is 20.1. The molecule has 0 radical (unpaired) electrons. The molecule has 2 N–H and O–H groups in total. The van der Waals surface area contributed by atoms with Gasteiger partial charge in [-0.2, -0.15) is 0 Å². The number of hydrogen-bond donors (Lipinski definition) is 2. The third-order valence-electron chi connectivity index (χ3n) is 6.63. The van der Waals surface area contributed by atoms with Crippen molar-refractivity contribution in [1.29, 1.82) is 0 Å². The van der Waals surface area contributed by atoms with Crippen LogP contribution in [0, 0.1) is 36.0 Å². The Morgan fingerprint density at radius 2 is 1.12 bits per heavy atom. The highest BCUT2D eigenvalue weighted by Crippen LogP contribution is 2.19. The average molecular weight is 579 g/mol. The smallest absolute Gasteiger partial charge is 0.129 e. The molecule has 6 rings (SSSR count). The van der Waals surface area contributed by atoms with E-state index < -0.39 is 23.3 Å². The van der Waals surface area contributed by atoms with Gasteiger partial charge in [0.05, 0.1) is 0 Å². The molecule has 0 atom stereocenters. The zero-order valence-corrected chi connectivity index (χ0v) is 24.2. The van der Waals surface area contributed by atoms with Crippen LogP contribution in [0.5, 0.6) is 0 Å². The van der Waals surface area contributed by atoms with Gasteiger partial charge >= 0.3 is 0 Å². The maximum Gasteiger partial charge on any atom is 0.129 e. The summed E-state index contributed by atoms with van der Waals surface area (Å²) in [5.74, 6) is -2.15. The molecule has 0 saturated heterocycles. The summed E-state index contributed by atoms with van der Waals surface area (Å²) in [4.78, 5) is 6.29. The van der Waals surface area contributed by atoms with Crippen LogP contribution in [-0.2, 0) is 19.3 Å². The quantitative estimate of drug-likeness (QED) is 0.196. The van der Waals surface area contributed by atoms with Crippen LogP contribution in [0.1, 0.15) is 43.0 Å². The van der Waals surface area contributed by atoms with Gasteiger partial charge in [0.25, 0.3) is 0 Å². The fraction of sp³-hybridized carbons (Fsp3) is 0.200. The van der Waals surface area contributed by atoms with Crippen molar-refractivity contribution in [2.75, 3.05) is 0 Å². The van der Waals surface area contributed by atoms with Gasteiger partial charge in [0.2, 0.25) is 0 Å². The van der Waals surface area contributed by atoms with Crippen molar-refractivity contribution >= 4 is 21.8 Å². The monoisotopic (exact) mass is 578 g/mol. The molecule has 0 unspecified atom stereocenters. The molecule has 4 aromatic carbocycles. The van der Waals surface area contributed by atoms with Crippen LogP contribution in [0.3, 0.4) is 0 Å². The first-order valence-corrected chi connectivity index (χ1v) is 13.8. The van der Waals surface area contributed by atoms with E-state index in [-0.39, 0.29) is 5.82 Å². The second-order valence-electron chi connectivity index (χ2n) is 9.60. The van der Waals surface area contributed by atoms with Gasteiger partial charge in [-0.15, -0.1) is 0 Å². The van der Waals surface area contributed by atoms with Gasteiger partial charge in [0.15, 0.2) is 0 Å². The molecule has 2 aromatic heterocycles. The maximum absolute atomic E-state index is 12.8. The molecule has 0 amide bonds. The number of aromatic amines is 2. The summed E-state index contributed by atoms with van der Waals surface area (Å²) in [5, 5.41) is 2.32. The Balaban J connectivity index is 0.000000154. The Kier molecular flexibility index (Phi) is 11.9. The number of para-hydroxylation sites is 1. The summed E-state index contributed by atoms with van der Waals surface area (Å²) in [7, 11) is 0. The van der Waals surface area contributed by atoms with E-state index in [9.17, 15) is 22.0 Å². The van der Waals surface area contributed by atoms with Crippen LogP contribution in [0.15, 0.2) is 91.3 Å².